The van der Waals surface area contributed by atoms with Crippen molar-refractivity contribution in [3.8, 4) is 0 Å². The van der Waals surface area contributed by atoms with Gasteiger partial charge >= 0.3 is 0 Å². The number of hydrogen-bond donors (Lipinski definition) is 0. The number of unbranched alkanes of at least 4 members (excludes halogenated alkanes) is 22. The molecule has 0 aliphatic rings. The summed E-state index contributed by atoms with van der Waals surface area (Å²) in [6.07, 6.45) is 39.0. The Morgan fingerprint density at radius 3 is 0.869 bits per heavy atom. The largest absolute Gasteiger partial charge is 0.494 e. The summed E-state index contributed by atoms with van der Waals surface area (Å²) in [4.78, 5) is 0. The van der Waals surface area contributed by atoms with Gasteiger partial charge in [-0.2, -0.15) is 0 Å². The van der Waals surface area contributed by atoms with Gasteiger partial charge in [0, 0.05) is 12.8 Å². The third-order valence-electron chi connectivity index (χ3n) is 11.5. The van der Waals surface area contributed by atoms with Crippen LogP contribution in [0.15, 0.2) is 23.0 Å². The van der Waals surface area contributed by atoms with Crippen LogP contribution in [0, 0.1) is 0 Å². The first-order valence-corrected chi connectivity index (χ1v) is 26.9. The summed E-state index contributed by atoms with van der Waals surface area (Å²) in [5.41, 5.74) is 0. The molecular weight excluding hydrogens is 761 g/mol. The van der Waals surface area contributed by atoms with Crippen LogP contribution in [0.5, 0.6) is 0 Å². The molecule has 0 bridgehead atoms. The summed E-state index contributed by atoms with van der Waals surface area (Å²) in [5, 5.41) is 0. The van der Waals surface area contributed by atoms with Crippen molar-refractivity contribution in [3.05, 3.63) is 23.0 Å². The fraction of sp³-hybridized carbons (Fsp3) is 0.926. The van der Waals surface area contributed by atoms with E-state index in [1.807, 2.05) is 0 Å². The van der Waals surface area contributed by atoms with Crippen LogP contribution in [0.3, 0.4) is 0 Å². The molecule has 0 rings (SSSR count). The highest BCUT2D eigenvalue weighted by atomic mass is 16.7. The van der Waals surface area contributed by atoms with Gasteiger partial charge in [-0.1, -0.05) is 209 Å². The number of ether oxygens (including phenoxy) is 7. The maximum atomic E-state index is 6.70. The average molecular weight is 867 g/mol. The van der Waals surface area contributed by atoms with E-state index in [0.717, 1.165) is 126 Å². The van der Waals surface area contributed by atoms with Gasteiger partial charge in [0.25, 0.3) is 0 Å². The van der Waals surface area contributed by atoms with Gasteiger partial charge in [-0.15, -0.1) is 0 Å². The van der Waals surface area contributed by atoms with E-state index >= 15 is 0 Å². The molecule has 0 saturated carbocycles. The van der Waals surface area contributed by atoms with Crippen LogP contribution in [-0.4, -0.2) is 52.2 Å². The molecule has 0 aromatic carbocycles. The molecule has 0 aliphatic carbocycles. The second kappa shape index (κ2) is 48.0. The quantitative estimate of drug-likeness (QED) is 0.0343. The summed E-state index contributed by atoms with van der Waals surface area (Å²) < 4.78 is 46.0. The summed E-state index contributed by atoms with van der Waals surface area (Å²) in [6, 6.07) is 0. The van der Waals surface area contributed by atoms with Crippen molar-refractivity contribution < 1.29 is 33.2 Å². The Morgan fingerprint density at radius 1 is 0.295 bits per heavy atom. The van der Waals surface area contributed by atoms with Crippen molar-refractivity contribution in [3.63, 3.8) is 0 Å². The van der Waals surface area contributed by atoms with Crippen LogP contribution in [-0.2, 0) is 33.2 Å². The maximum absolute atomic E-state index is 6.70. The van der Waals surface area contributed by atoms with Gasteiger partial charge in [-0.3, -0.25) is 0 Å². The van der Waals surface area contributed by atoms with E-state index in [2.05, 4.69) is 55.4 Å². The second-order valence-corrected chi connectivity index (χ2v) is 17.6. The van der Waals surface area contributed by atoms with Crippen molar-refractivity contribution in [1.29, 1.82) is 0 Å². The van der Waals surface area contributed by atoms with Gasteiger partial charge in [-0.25, -0.2) is 0 Å². The lowest BCUT2D eigenvalue weighted by Gasteiger charge is -2.26. The Labute approximate surface area is 380 Å². The molecule has 364 valence electrons. The van der Waals surface area contributed by atoms with E-state index in [1.54, 1.807) is 0 Å². The minimum atomic E-state index is -0.218. The van der Waals surface area contributed by atoms with E-state index in [-0.39, 0.29) is 25.8 Å². The SMILES string of the molecule is CCCCCCCCOC(CCC)=C(OCCCCCCCC)C(CCCC)OCOCOC(CCCC)C(OCCCCCCCC)=C(CCC)OCCCCCCCC. The molecule has 0 aromatic heterocycles. The van der Waals surface area contributed by atoms with Gasteiger partial charge in [0.05, 0.1) is 26.4 Å². The molecule has 2 atom stereocenters. The molecule has 61 heavy (non-hydrogen) atoms. The topological polar surface area (TPSA) is 64.6 Å². The van der Waals surface area contributed by atoms with Gasteiger partial charge in [0.15, 0.2) is 25.1 Å². The van der Waals surface area contributed by atoms with E-state index in [0.29, 0.717) is 13.2 Å². The zero-order valence-corrected chi connectivity index (χ0v) is 42.3. The first-order chi connectivity index (χ1) is 30.1. The number of hydrogen-bond acceptors (Lipinski definition) is 7. The lowest BCUT2D eigenvalue weighted by atomic mass is 10.1. The minimum Gasteiger partial charge on any atom is -0.494 e. The van der Waals surface area contributed by atoms with Crippen LogP contribution in [0.25, 0.3) is 0 Å². The van der Waals surface area contributed by atoms with Gasteiger partial charge in [-0.05, 0) is 51.4 Å². The molecule has 7 heteroatoms. The van der Waals surface area contributed by atoms with Crippen molar-refractivity contribution >= 4 is 0 Å². The van der Waals surface area contributed by atoms with E-state index in [9.17, 15) is 0 Å². The van der Waals surface area contributed by atoms with Gasteiger partial charge in [0.2, 0.25) is 0 Å². The first kappa shape index (κ1) is 59.6. The molecule has 0 aromatic rings. The molecule has 0 spiro atoms. The molecule has 0 radical (unpaired) electrons. The van der Waals surface area contributed by atoms with Crippen LogP contribution < -0.4 is 0 Å². The Hall–Kier alpha value is -1.44. The fourth-order valence-electron chi connectivity index (χ4n) is 7.63. The van der Waals surface area contributed by atoms with E-state index < -0.39 is 0 Å². The fourth-order valence-corrected chi connectivity index (χ4v) is 7.63. The molecular formula is C54H106O7. The lowest BCUT2D eigenvalue weighted by molar-refractivity contribution is -0.167. The highest BCUT2D eigenvalue weighted by molar-refractivity contribution is 5.09. The number of rotatable bonds is 50. The third kappa shape index (κ3) is 35.6. The smallest absolute Gasteiger partial charge is 0.162 e. The normalized spacial score (nSPS) is 13.5. The van der Waals surface area contributed by atoms with Gasteiger partial charge < -0.3 is 33.2 Å². The van der Waals surface area contributed by atoms with Crippen LogP contribution >= 0.6 is 0 Å². The molecule has 0 N–H and O–H groups in total. The van der Waals surface area contributed by atoms with Crippen molar-refractivity contribution in [2.24, 2.45) is 0 Å². The Kier molecular flexibility index (Phi) is 46.9. The molecule has 0 heterocycles. The van der Waals surface area contributed by atoms with Crippen molar-refractivity contribution in [2.75, 3.05) is 40.0 Å². The zero-order valence-electron chi connectivity index (χ0n) is 42.3. The molecule has 0 aliphatic heterocycles. The predicted octanol–water partition coefficient (Wildman–Crippen LogP) is 17.6. The maximum Gasteiger partial charge on any atom is 0.162 e. The summed E-state index contributed by atoms with van der Waals surface area (Å²) in [7, 11) is 0. The predicted molar refractivity (Wildman–Crippen MR) is 261 cm³/mol. The minimum absolute atomic E-state index is 0.129. The van der Waals surface area contributed by atoms with Crippen LogP contribution in [0.4, 0.5) is 0 Å². The van der Waals surface area contributed by atoms with Crippen molar-refractivity contribution in [1.82, 2.24) is 0 Å². The standard InChI is InChI=1S/C54H106O7/c1-9-17-23-27-31-35-43-56-49(39-15-7)53(58-45-37-33-29-25-19-11-3)51(41-21-13-5)60-47-55-48-61-52(42-22-14-6)54(59-46-38-34-30-26-20-12-4)50(40-16-8)57-44-36-32-28-24-18-10-2/h51-52H,9-48H2,1-8H3. The molecule has 0 amide bonds. The van der Waals surface area contributed by atoms with Crippen molar-refractivity contribution in [2.45, 2.75) is 286 Å². The Morgan fingerprint density at radius 2 is 0.574 bits per heavy atom. The molecule has 2 unspecified atom stereocenters. The Bertz CT molecular complexity index is 876. The molecule has 0 saturated heterocycles. The van der Waals surface area contributed by atoms with E-state index in [4.69, 9.17) is 33.2 Å². The third-order valence-corrected chi connectivity index (χ3v) is 11.5. The highest BCUT2D eigenvalue weighted by Gasteiger charge is 2.25. The van der Waals surface area contributed by atoms with E-state index in [1.165, 1.54) is 128 Å². The molecule has 7 nitrogen and oxygen atoms in total. The first-order valence-electron chi connectivity index (χ1n) is 26.9. The highest BCUT2D eigenvalue weighted by Crippen LogP contribution is 2.27. The lowest BCUT2D eigenvalue weighted by Crippen LogP contribution is -2.25. The molecule has 0 fully saturated rings. The van der Waals surface area contributed by atoms with Crippen LogP contribution in [0.2, 0.25) is 0 Å². The monoisotopic (exact) mass is 867 g/mol. The summed E-state index contributed by atoms with van der Waals surface area (Å²) in [5.74, 6) is 3.72. The summed E-state index contributed by atoms with van der Waals surface area (Å²) in [6.45, 7) is 21.1. The second-order valence-electron chi connectivity index (χ2n) is 17.6. The Balaban J connectivity index is 6.05. The average Bonchev–Trinajstić information content (AvgIpc) is 3.27. The van der Waals surface area contributed by atoms with Gasteiger partial charge in [0.1, 0.15) is 23.7 Å². The summed E-state index contributed by atoms with van der Waals surface area (Å²) >= 11 is 0. The number of allylic oxidation sites excluding steroid dienone is 2. The van der Waals surface area contributed by atoms with Crippen LogP contribution in [0.1, 0.15) is 274 Å². The zero-order chi connectivity index (χ0) is 44.7.